The average molecular weight is 218 g/mol. The van der Waals surface area contributed by atoms with Gasteiger partial charge in [-0.25, -0.2) is 0 Å². The lowest BCUT2D eigenvalue weighted by Crippen LogP contribution is -2.25. The molecule has 4 heteroatoms. The second-order valence-corrected chi connectivity index (χ2v) is 3.84. The predicted molar refractivity (Wildman–Crippen MR) is 62.5 cm³/mol. The molecule has 0 atom stereocenters. The summed E-state index contributed by atoms with van der Waals surface area (Å²) >= 11 is 0. The van der Waals surface area contributed by atoms with E-state index in [1.807, 2.05) is 25.1 Å². The molecule has 1 aliphatic heterocycles. The Hall–Kier alpha value is -1.84. The molecule has 2 rings (SSSR count). The number of carbonyl (C=O) groups excluding carboxylic acids is 2. The number of hydrogen-bond donors (Lipinski definition) is 1. The number of likely N-dealkylation sites (N-methyl/N-ethyl adjacent to an activating group) is 1. The van der Waals surface area contributed by atoms with Gasteiger partial charge in [0.05, 0.1) is 6.42 Å². The fourth-order valence-corrected chi connectivity index (χ4v) is 2.01. The number of nitrogens with one attached hydrogen (secondary N) is 1. The molecule has 0 saturated carbocycles. The SMILES string of the molecule is CCN1C(=O)Cc2cc(NC(C)=O)ccc21. The van der Waals surface area contributed by atoms with Crippen LogP contribution in [0.25, 0.3) is 0 Å². The average Bonchev–Trinajstić information content (AvgIpc) is 2.51. The second-order valence-electron chi connectivity index (χ2n) is 3.84. The zero-order valence-electron chi connectivity index (χ0n) is 9.41. The minimum absolute atomic E-state index is 0.100. The summed E-state index contributed by atoms with van der Waals surface area (Å²) in [6.07, 6.45) is 0.427. The molecule has 1 aromatic carbocycles. The van der Waals surface area contributed by atoms with Crippen molar-refractivity contribution in [2.45, 2.75) is 20.3 Å². The Labute approximate surface area is 94.2 Å². The molecule has 2 amide bonds. The van der Waals surface area contributed by atoms with Gasteiger partial charge in [0.25, 0.3) is 0 Å². The number of amides is 2. The highest BCUT2D eigenvalue weighted by atomic mass is 16.2. The van der Waals surface area contributed by atoms with Gasteiger partial charge < -0.3 is 10.2 Å². The van der Waals surface area contributed by atoms with E-state index in [0.717, 1.165) is 16.9 Å². The van der Waals surface area contributed by atoms with Gasteiger partial charge in [0, 0.05) is 24.8 Å². The van der Waals surface area contributed by atoms with Crippen molar-refractivity contribution < 1.29 is 9.59 Å². The van der Waals surface area contributed by atoms with Crippen molar-refractivity contribution in [3.05, 3.63) is 23.8 Å². The standard InChI is InChI=1S/C12H14N2O2/c1-3-14-11-5-4-10(13-8(2)15)6-9(11)7-12(14)16/h4-6H,3,7H2,1-2H3,(H,13,15). The zero-order chi connectivity index (χ0) is 11.7. The maximum atomic E-state index is 11.6. The first-order chi connectivity index (χ1) is 7.61. The molecule has 1 heterocycles. The Kier molecular flexibility index (Phi) is 2.64. The Morgan fingerprint density at radius 2 is 2.25 bits per heavy atom. The van der Waals surface area contributed by atoms with Gasteiger partial charge in [0.15, 0.2) is 0 Å². The molecule has 0 bridgehead atoms. The van der Waals surface area contributed by atoms with Crippen LogP contribution in [-0.4, -0.2) is 18.4 Å². The van der Waals surface area contributed by atoms with E-state index in [-0.39, 0.29) is 11.8 Å². The Balaban J connectivity index is 2.32. The molecule has 0 unspecified atom stereocenters. The van der Waals surface area contributed by atoms with Gasteiger partial charge in [-0.05, 0) is 30.7 Å². The van der Waals surface area contributed by atoms with Crippen molar-refractivity contribution in [3.63, 3.8) is 0 Å². The first-order valence-corrected chi connectivity index (χ1v) is 5.32. The molecule has 1 N–H and O–H groups in total. The first kappa shape index (κ1) is 10.7. The van der Waals surface area contributed by atoms with Crippen molar-refractivity contribution in [1.29, 1.82) is 0 Å². The van der Waals surface area contributed by atoms with Gasteiger partial charge in [-0.1, -0.05) is 0 Å². The number of hydrogen-bond acceptors (Lipinski definition) is 2. The van der Waals surface area contributed by atoms with Gasteiger partial charge in [0.2, 0.25) is 11.8 Å². The molecule has 0 spiro atoms. The summed E-state index contributed by atoms with van der Waals surface area (Å²) < 4.78 is 0. The third-order valence-electron chi connectivity index (χ3n) is 2.65. The molecule has 4 nitrogen and oxygen atoms in total. The molecule has 84 valence electrons. The quantitative estimate of drug-likeness (QED) is 0.818. The largest absolute Gasteiger partial charge is 0.326 e. The van der Waals surface area contributed by atoms with E-state index in [1.54, 1.807) is 4.90 Å². The molecule has 0 saturated heterocycles. The number of benzene rings is 1. The second kappa shape index (κ2) is 3.96. The summed E-state index contributed by atoms with van der Waals surface area (Å²) in [5.41, 5.74) is 2.69. The summed E-state index contributed by atoms with van der Waals surface area (Å²) in [6.45, 7) is 4.11. The van der Waals surface area contributed by atoms with Crippen LogP contribution in [-0.2, 0) is 16.0 Å². The lowest BCUT2D eigenvalue weighted by Gasteiger charge is -2.14. The summed E-state index contributed by atoms with van der Waals surface area (Å²) in [5, 5.41) is 2.71. The van der Waals surface area contributed by atoms with Crippen LogP contribution in [0.5, 0.6) is 0 Å². The Morgan fingerprint density at radius 3 is 2.88 bits per heavy atom. The van der Waals surface area contributed by atoms with Crippen LogP contribution in [0.2, 0.25) is 0 Å². The number of rotatable bonds is 2. The van der Waals surface area contributed by atoms with Crippen LogP contribution in [0.15, 0.2) is 18.2 Å². The monoisotopic (exact) mass is 218 g/mol. The topological polar surface area (TPSA) is 49.4 Å². The summed E-state index contributed by atoms with van der Waals surface area (Å²) in [4.78, 5) is 24.3. The van der Waals surface area contributed by atoms with E-state index in [9.17, 15) is 9.59 Å². The number of carbonyl (C=O) groups is 2. The third-order valence-corrected chi connectivity index (χ3v) is 2.65. The normalized spacial score (nSPS) is 13.9. The van der Waals surface area contributed by atoms with Crippen LogP contribution in [0, 0.1) is 0 Å². The van der Waals surface area contributed by atoms with Gasteiger partial charge in [-0.2, -0.15) is 0 Å². The van der Waals surface area contributed by atoms with Crippen molar-refractivity contribution in [2.75, 3.05) is 16.8 Å². The Bertz CT molecular complexity index is 454. The van der Waals surface area contributed by atoms with Crippen molar-refractivity contribution in [2.24, 2.45) is 0 Å². The van der Waals surface area contributed by atoms with E-state index < -0.39 is 0 Å². The molecule has 1 aliphatic rings. The number of anilines is 2. The summed E-state index contributed by atoms with van der Waals surface area (Å²) in [7, 11) is 0. The van der Waals surface area contributed by atoms with Gasteiger partial charge in [-0.3, -0.25) is 9.59 Å². The molecular formula is C12H14N2O2. The molecule has 0 radical (unpaired) electrons. The maximum Gasteiger partial charge on any atom is 0.231 e. The highest BCUT2D eigenvalue weighted by Crippen LogP contribution is 2.30. The highest BCUT2D eigenvalue weighted by molar-refractivity contribution is 6.02. The van der Waals surface area contributed by atoms with Crippen LogP contribution < -0.4 is 10.2 Å². The molecule has 0 fully saturated rings. The molecule has 16 heavy (non-hydrogen) atoms. The fourth-order valence-electron chi connectivity index (χ4n) is 2.01. The molecule has 0 aliphatic carbocycles. The number of nitrogens with zero attached hydrogens (tertiary/aromatic N) is 1. The molecule has 0 aromatic heterocycles. The first-order valence-electron chi connectivity index (χ1n) is 5.32. The highest BCUT2D eigenvalue weighted by Gasteiger charge is 2.25. The fraction of sp³-hybridized carbons (Fsp3) is 0.333. The lowest BCUT2D eigenvalue weighted by atomic mass is 10.1. The van der Waals surface area contributed by atoms with Crippen LogP contribution in [0.3, 0.4) is 0 Å². The summed E-state index contributed by atoms with van der Waals surface area (Å²) in [6, 6.07) is 5.57. The maximum absolute atomic E-state index is 11.6. The van der Waals surface area contributed by atoms with Crippen molar-refractivity contribution in [1.82, 2.24) is 0 Å². The van der Waals surface area contributed by atoms with Crippen molar-refractivity contribution >= 4 is 23.2 Å². The van der Waals surface area contributed by atoms with Gasteiger partial charge in [0.1, 0.15) is 0 Å². The minimum Gasteiger partial charge on any atom is -0.326 e. The smallest absolute Gasteiger partial charge is 0.231 e. The third kappa shape index (κ3) is 1.78. The van der Waals surface area contributed by atoms with Gasteiger partial charge >= 0.3 is 0 Å². The Morgan fingerprint density at radius 1 is 1.50 bits per heavy atom. The van der Waals surface area contributed by atoms with Crippen LogP contribution in [0.1, 0.15) is 19.4 Å². The van der Waals surface area contributed by atoms with Gasteiger partial charge in [-0.15, -0.1) is 0 Å². The van der Waals surface area contributed by atoms with E-state index in [1.165, 1.54) is 6.92 Å². The van der Waals surface area contributed by atoms with E-state index in [4.69, 9.17) is 0 Å². The molecule has 1 aromatic rings. The minimum atomic E-state index is -0.100. The molecular weight excluding hydrogens is 204 g/mol. The lowest BCUT2D eigenvalue weighted by molar-refractivity contribution is -0.117. The van der Waals surface area contributed by atoms with E-state index in [2.05, 4.69) is 5.32 Å². The van der Waals surface area contributed by atoms with Crippen LogP contribution >= 0.6 is 0 Å². The van der Waals surface area contributed by atoms with Crippen LogP contribution in [0.4, 0.5) is 11.4 Å². The van der Waals surface area contributed by atoms with Crippen molar-refractivity contribution in [3.8, 4) is 0 Å². The number of fused-ring (bicyclic) bond motifs is 1. The summed E-state index contributed by atoms with van der Waals surface area (Å²) in [5.74, 6) is 0.0223. The predicted octanol–water partition coefficient (Wildman–Crippen LogP) is 1.55. The zero-order valence-corrected chi connectivity index (χ0v) is 9.41. The van der Waals surface area contributed by atoms with E-state index in [0.29, 0.717) is 13.0 Å². The van der Waals surface area contributed by atoms with E-state index >= 15 is 0 Å².